The van der Waals surface area contributed by atoms with E-state index in [9.17, 15) is 0 Å². The van der Waals surface area contributed by atoms with Crippen LogP contribution in [0.1, 0.15) is 125 Å². The van der Waals surface area contributed by atoms with Crippen LogP contribution in [0.3, 0.4) is 0 Å². The van der Waals surface area contributed by atoms with Gasteiger partial charge in [-0.05, 0) is 88.7 Å². The Morgan fingerprint density at radius 1 is 0.371 bits per heavy atom. The lowest BCUT2D eigenvalue weighted by Gasteiger charge is -1.84. The number of oxazole rings is 4. The third kappa shape index (κ3) is 31.1. The highest BCUT2D eigenvalue weighted by molar-refractivity contribution is 5.86. The summed E-state index contributed by atoms with van der Waals surface area (Å²) in [6.07, 6.45) is 9.69. The lowest BCUT2D eigenvalue weighted by Crippen LogP contribution is -1.82. The predicted molar refractivity (Wildman–Crippen MR) is 259 cm³/mol. The molecule has 9 aromatic heterocycles. The molecule has 0 aliphatic carbocycles. The lowest BCUT2D eigenvalue weighted by atomic mass is 10.2. The van der Waals surface area contributed by atoms with Crippen molar-refractivity contribution < 1.29 is 40.2 Å². The van der Waals surface area contributed by atoms with Gasteiger partial charge in [-0.2, -0.15) is 9.97 Å². The highest BCUT2D eigenvalue weighted by atomic mass is 16.5. The molecular weight excluding hydrogens is 903 g/mol. The highest BCUT2D eigenvalue weighted by Crippen LogP contribution is 2.08. The number of hydrogen-bond acceptors (Lipinski definition) is 22. The van der Waals surface area contributed by atoms with Crippen LogP contribution in [-0.2, 0) is 0 Å². The van der Waals surface area contributed by atoms with Gasteiger partial charge in [-0.3, -0.25) is 4.99 Å². The van der Waals surface area contributed by atoms with Gasteiger partial charge in [0, 0.05) is 85.9 Å². The van der Waals surface area contributed by atoms with Crippen LogP contribution in [0.5, 0.6) is 0 Å². The average molecular weight is 972 g/mol. The minimum Gasteiger partial charge on any atom is -0.449 e. The van der Waals surface area contributed by atoms with E-state index in [0.717, 1.165) is 75.8 Å². The molecule has 70 heavy (non-hydrogen) atoms. The number of aliphatic imine (C=N–C) groups is 1. The first-order valence-electron chi connectivity index (χ1n) is 21.7. The third-order valence-electron chi connectivity index (χ3n) is 7.36. The number of aromatic nitrogens is 12. The molecule has 380 valence electrons. The molecule has 0 bridgehead atoms. The second-order valence-electron chi connectivity index (χ2n) is 15.2. The zero-order valence-electron chi connectivity index (χ0n) is 44.2. The van der Waals surface area contributed by atoms with Gasteiger partial charge in [0.25, 0.3) is 0 Å². The van der Waals surface area contributed by atoms with Crippen LogP contribution in [0.25, 0.3) is 0 Å². The predicted octanol–water partition coefficient (Wildman–Crippen LogP) is 11.6. The molecule has 0 saturated heterocycles. The first kappa shape index (κ1) is 60.1. The Morgan fingerprint density at radius 2 is 0.771 bits per heavy atom. The fraction of sp³-hybridized carbons (Fsp3) is 0.438. The van der Waals surface area contributed by atoms with Gasteiger partial charge in [0.1, 0.15) is 35.6 Å². The summed E-state index contributed by atoms with van der Waals surface area (Å²) >= 11 is 0. The normalized spacial score (nSPS) is 10.4. The maximum atomic E-state index is 4.97. The topological polar surface area (TPSA) is 285 Å². The molecular formula is C48H69N13O9. The first-order valence-corrected chi connectivity index (χ1v) is 21.7. The van der Waals surface area contributed by atoms with E-state index in [4.69, 9.17) is 31.1 Å². The number of rotatable bonds is 0. The molecule has 0 amide bonds. The van der Waals surface area contributed by atoms with Crippen molar-refractivity contribution in [3.05, 3.63) is 153 Å². The van der Waals surface area contributed by atoms with Gasteiger partial charge in [0.15, 0.2) is 35.2 Å². The summed E-state index contributed by atoms with van der Waals surface area (Å²) in [5.41, 5.74) is 6.38. The van der Waals surface area contributed by atoms with E-state index >= 15 is 0 Å². The Bertz CT molecular complexity index is 2100. The Balaban J connectivity index is 0.000000389. The van der Waals surface area contributed by atoms with Gasteiger partial charge in [-0.25, -0.2) is 19.9 Å². The molecule has 0 atom stereocenters. The number of nitrogens with zero attached hydrogens (tertiary/aromatic N) is 13. The minimum atomic E-state index is 0.623. The van der Waals surface area contributed by atoms with Crippen LogP contribution < -0.4 is 0 Å². The molecule has 0 fully saturated rings. The largest absolute Gasteiger partial charge is 0.449 e. The second kappa shape index (κ2) is 32.7. The molecule has 0 N–H and O–H groups in total. The Hall–Kier alpha value is -7.91. The summed E-state index contributed by atoms with van der Waals surface area (Å²) in [4.78, 5) is 27.3. The van der Waals surface area contributed by atoms with Gasteiger partial charge >= 0.3 is 0 Å². The standard InChI is InChI=1S/C6H9N.6C5H7NO.3C4H6N2O/c1-5-3-6(2)7-4-5;2*1-4-3-7-5(2)6-4;2*1-4-3-6-5(2)7-4;2*1-4-3-5(2)7-6-4;1-3-5-6-4(2)7-3;2*1-3-5-4(2)7-6-3/h4H,3H2,1-2H3;6*3H,1-2H3;3*1-2H3. The molecule has 22 heteroatoms. The Labute approximate surface area is 408 Å². The summed E-state index contributed by atoms with van der Waals surface area (Å²) in [5.74, 6) is 10.3. The van der Waals surface area contributed by atoms with E-state index in [1.54, 1.807) is 66.5 Å². The molecule has 0 spiro atoms. The summed E-state index contributed by atoms with van der Waals surface area (Å²) in [6, 6.07) is 3.78. The van der Waals surface area contributed by atoms with E-state index in [1.807, 2.05) is 108 Å². The molecule has 10 heterocycles. The van der Waals surface area contributed by atoms with Crippen molar-refractivity contribution >= 4 is 5.71 Å². The van der Waals surface area contributed by atoms with Crippen LogP contribution in [-0.4, -0.2) is 66.4 Å². The molecule has 0 saturated carbocycles. The smallest absolute Gasteiger partial charge is 0.223 e. The van der Waals surface area contributed by atoms with E-state index in [2.05, 4.69) is 81.7 Å². The summed E-state index contributed by atoms with van der Waals surface area (Å²) in [5, 5.41) is 21.5. The molecule has 9 aromatic rings. The van der Waals surface area contributed by atoms with Gasteiger partial charge in [0.2, 0.25) is 23.6 Å². The zero-order valence-corrected chi connectivity index (χ0v) is 44.2. The number of hydrogen-bond donors (Lipinski definition) is 0. The molecule has 0 unspecified atom stereocenters. The fourth-order valence-electron chi connectivity index (χ4n) is 4.77. The van der Waals surface area contributed by atoms with E-state index < -0.39 is 0 Å². The lowest BCUT2D eigenvalue weighted by molar-refractivity contribution is 0.389. The van der Waals surface area contributed by atoms with Crippen molar-refractivity contribution in [2.24, 2.45) is 4.99 Å². The zero-order chi connectivity index (χ0) is 52.8. The van der Waals surface area contributed by atoms with Gasteiger partial charge in [0.05, 0.1) is 35.2 Å². The van der Waals surface area contributed by atoms with E-state index in [1.165, 1.54) is 11.3 Å². The van der Waals surface area contributed by atoms with Crippen LogP contribution in [0, 0.1) is 125 Å². The Morgan fingerprint density at radius 3 is 0.857 bits per heavy atom. The molecule has 0 aromatic carbocycles. The second-order valence-corrected chi connectivity index (χ2v) is 15.2. The van der Waals surface area contributed by atoms with Gasteiger partial charge in [-0.15, -0.1) is 10.2 Å². The maximum absolute atomic E-state index is 4.97. The van der Waals surface area contributed by atoms with Gasteiger partial charge < -0.3 is 40.2 Å². The SMILES string of the molecule is CC1=CN=C(C)C1.Cc1cc(C)on1.Cc1cc(C)on1.Cc1cnc(C)o1.Cc1cnc(C)o1.Cc1coc(C)n1.Cc1coc(C)n1.Cc1nnc(C)o1.Cc1noc(C)n1.Cc1noc(C)n1. The van der Waals surface area contributed by atoms with Crippen LogP contribution in [0.2, 0.25) is 0 Å². The van der Waals surface area contributed by atoms with E-state index in [0.29, 0.717) is 35.2 Å². The molecule has 0 radical (unpaired) electrons. The molecule has 22 nitrogen and oxygen atoms in total. The highest BCUT2D eigenvalue weighted by Gasteiger charge is 1.98. The van der Waals surface area contributed by atoms with Crippen molar-refractivity contribution in [2.45, 2.75) is 145 Å². The van der Waals surface area contributed by atoms with Crippen molar-refractivity contribution in [3.63, 3.8) is 0 Å². The summed E-state index contributed by atoms with van der Waals surface area (Å²) < 4.78 is 43.1. The van der Waals surface area contributed by atoms with Crippen molar-refractivity contribution in [1.29, 1.82) is 0 Å². The minimum absolute atomic E-state index is 0.623. The van der Waals surface area contributed by atoms with Crippen LogP contribution in [0.4, 0.5) is 0 Å². The third-order valence-corrected chi connectivity index (χ3v) is 7.36. The Kier molecular flexibility index (Phi) is 28.1. The van der Waals surface area contributed by atoms with Crippen molar-refractivity contribution in [1.82, 2.24) is 60.7 Å². The van der Waals surface area contributed by atoms with E-state index in [-0.39, 0.29) is 0 Å². The number of allylic oxidation sites excluding steroid dienone is 1. The fourth-order valence-corrected chi connectivity index (χ4v) is 4.77. The summed E-state index contributed by atoms with van der Waals surface area (Å²) in [6.45, 7) is 37.2. The average Bonchev–Trinajstić information content (AvgIpc) is 4.14. The first-order chi connectivity index (χ1) is 32.9. The van der Waals surface area contributed by atoms with Crippen LogP contribution >= 0.6 is 0 Å². The van der Waals surface area contributed by atoms with Crippen LogP contribution in [0.15, 0.2) is 94.0 Å². The quantitative estimate of drug-likeness (QED) is 0.136. The van der Waals surface area contributed by atoms with Crippen molar-refractivity contribution in [3.8, 4) is 0 Å². The van der Waals surface area contributed by atoms with Gasteiger partial charge in [-0.1, -0.05) is 20.6 Å². The monoisotopic (exact) mass is 972 g/mol. The summed E-state index contributed by atoms with van der Waals surface area (Å²) in [7, 11) is 0. The molecule has 10 rings (SSSR count). The van der Waals surface area contributed by atoms with Crippen molar-refractivity contribution in [2.75, 3.05) is 0 Å². The maximum Gasteiger partial charge on any atom is 0.223 e. The molecule has 1 aliphatic heterocycles. The number of aryl methyl sites for hydroxylation is 18. The molecule has 1 aliphatic rings.